The van der Waals surface area contributed by atoms with Crippen molar-refractivity contribution in [2.75, 3.05) is 0 Å². The number of alkyl halides is 3. The van der Waals surface area contributed by atoms with Gasteiger partial charge >= 0.3 is 6.36 Å². The van der Waals surface area contributed by atoms with Crippen LogP contribution in [0.4, 0.5) is 13.2 Å². The van der Waals surface area contributed by atoms with Crippen molar-refractivity contribution in [1.29, 1.82) is 5.26 Å². The van der Waals surface area contributed by atoms with E-state index >= 15 is 0 Å². The van der Waals surface area contributed by atoms with Crippen LogP contribution in [0.1, 0.15) is 22.8 Å². The lowest BCUT2D eigenvalue weighted by Crippen LogP contribution is -2.31. The summed E-state index contributed by atoms with van der Waals surface area (Å²) in [5.74, 6) is -1.45. The number of nitrogens with zero attached hydrogens (tertiary/aromatic N) is 4. The molecule has 1 heterocycles. The van der Waals surface area contributed by atoms with Crippen LogP contribution in [0.2, 0.25) is 0 Å². The fraction of sp³-hybridized carbons (Fsp3) is 0.222. The largest absolute Gasteiger partial charge is 0.573 e. The van der Waals surface area contributed by atoms with E-state index < -0.39 is 23.4 Å². The van der Waals surface area contributed by atoms with E-state index in [2.05, 4.69) is 30.9 Å². The first-order valence-corrected chi connectivity index (χ1v) is 8.92. The molecule has 1 unspecified atom stereocenters. The monoisotopic (exact) mass is 467 g/mol. The lowest BCUT2D eigenvalue weighted by Gasteiger charge is -2.24. The summed E-state index contributed by atoms with van der Waals surface area (Å²) in [5, 5.41) is 18.4. The van der Waals surface area contributed by atoms with Crippen molar-refractivity contribution in [3.8, 4) is 11.8 Å². The highest BCUT2D eigenvalue weighted by Crippen LogP contribution is 2.33. The van der Waals surface area contributed by atoms with Crippen LogP contribution in [0.25, 0.3) is 11.0 Å². The fourth-order valence-electron chi connectivity index (χ4n) is 2.86. The number of hydrogen-bond donors (Lipinski definition) is 1. The number of amides is 1. The number of benzene rings is 2. The Hall–Kier alpha value is -3.13. The first-order valence-electron chi connectivity index (χ1n) is 8.12. The summed E-state index contributed by atoms with van der Waals surface area (Å²) in [7, 11) is 0. The molecular formula is C18H13BrF3N5O2. The third kappa shape index (κ3) is 4.48. The maximum Gasteiger partial charge on any atom is 0.573 e. The summed E-state index contributed by atoms with van der Waals surface area (Å²) < 4.78 is 42.5. The van der Waals surface area contributed by atoms with Crippen LogP contribution in [0, 0.1) is 11.3 Å². The first kappa shape index (κ1) is 20.6. The summed E-state index contributed by atoms with van der Waals surface area (Å²) in [6, 6.07) is 10.3. The number of primary amides is 1. The molecule has 1 aromatic heterocycles. The second-order valence-corrected chi connectivity index (χ2v) is 7.34. The topological polar surface area (TPSA) is 107 Å². The second kappa shape index (κ2) is 7.36. The summed E-state index contributed by atoms with van der Waals surface area (Å²) in [6.07, 6.45) is -4.93. The molecule has 0 radical (unpaired) electrons. The van der Waals surface area contributed by atoms with Gasteiger partial charge in [0.2, 0.25) is 5.91 Å². The van der Waals surface area contributed by atoms with E-state index in [-0.39, 0.29) is 17.7 Å². The third-order valence-electron chi connectivity index (χ3n) is 4.17. The average Bonchev–Trinajstić information content (AvgIpc) is 3.01. The Balaban J connectivity index is 2.06. The molecule has 0 aliphatic rings. The summed E-state index contributed by atoms with van der Waals surface area (Å²) >= 11 is 3.32. The molecule has 0 saturated carbocycles. The SMILES string of the molecule is CC(C#N)(Cn1nc2ccc(Br)cc2n1)c1cc(OC(F)(F)F)ccc1C(N)=O. The molecule has 0 spiro atoms. The Labute approximate surface area is 171 Å². The molecule has 0 aliphatic heterocycles. The van der Waals surface area contributed by atoms with Crippen LogP contribution >= 0.6 is 15.9 Å². The van der Waals surface area contributed by atoms with Crippen molar-refractivity contribution >= 4 is 32.9 Å². The molecule has 11 heteroatoms. The van der Waals surface area contributed by atoms with Crippen LogP contribution in [0.15, 0.2) is 40.9 Å². The fourth-order valence-corrected chi connectivity index (χ4v) is 3.21. The van der Waals surface area contributed by atoms with E-state index in [1.54, 1.807) is 18.2 Å². The van der Waals surface area contributed by atoms with Crippen molar-refractivity contribution in [2.45, 2.75) is 25.2 Å². The number of aromatic nitrogens is 3. The van der Waals surface area contributed by atoms with Crippen LogP contribution < -0.4 is 10.5 Å². The van der Waals surface area contributed by atoms with Crippen molar-refractivity contribution in [1.82, 2.24) is 15.0 Å². The third-order valence-corrected chi connectivity index (χ3v) is 4.67. The number of nitriles is 1. The molecule has 0 aliphatic carbocycles. The lowest BCUT2D eigenvalue weighted by molar-refractivity contribution is -0.274. The number of ether oxygens (including phenoxy) is 1. The zero-order valence-electron chi connectivity index (χ0n) is 14.9. The Morgan fingerprint density at radius 1 is 1.24 bits per heavy atom. The van der Waals surface area contributed by atoms with Gasteiger partial charge in [0.05, 0.1) is 12.6 Å². The Morgan fingerprint density at radius 3 is 2.55 bits per heavy atom. The van der Waals surface area contributed by atoms with E-state index in [0.717, 1.165) is 22.7 Å². The predicted octanol–water partition coefficient (Wildman–Crippen LogP) is 3.67. The van der Waals surface area contributed by atoms with Gasteiger partial charge in [-0.2, -0.15) is 20.3 Å². The quantitative estimate of drug-likeness (QED) is 0.615. The number of carbonyl (C=O) groups is 1. The molecule has 2 N–H and O–H groups in total. The molecule has 7 nitrogen and oxygen atoms in total. The lowest BCUT2D eigenvalue weighted by atomic mass is 9.81. The van der Waals surface area contributed by atoms with Crippen molar-refractivity contribution in [2.24, 2.45) is 5.73 Å². The molecule has 1 amide bonds. The van der Waals surface area contributed by atoms with Crippen LogP contribution in [0.3, 0.4) is 0 Å². The molecule has 29 heavy (non-hydrogen) atoms. The first-order chi connectivity index (χ1) is 13.5. The van der Waals surface area contributed by atoms with Crippen LogP contribution in [-0.2, 0) is 12.0 Å². The molecule has 2 aromatic carbocycles. The summed E-state index contributed by atoms with van der Waals surface area (Å²) in [6.45, 7) is 1.32. The van der Waals surface area contributed by atoms with Gasteiger partial charge in [0.15, 0.2) is 0 Å². The number of hydrogen-bond acceptors (Lipinski definition) is 5. The zero-order valence-corrected chi connectivity index (χ0v) is 16.5. The minimum atomic E-state index is -4.93. The van der Waals surface area contributed by atoms with Gasteiger partial charge in [-0.1, -0.05) is 15.9 Å². The average molecular weight is 468 g/mol. The number of carbonyl (C=O) groups excluding carboxylic acids is 1. The normalized spacial score (nSPS) is 13.7. The molecule has 1 atom stereocenters. The van der Waals surface area contributed by atoms with Gasteiger partial charge in [0, 0.05) is 10.0 Å². The number of halogens is 4. The predicted molar refractivity (Wildman–Crippen MR) is 99.8 cm³/mol. The molecule has 0 saturated heterocycles. The van der Waals surface area contributed by atoms with Gasteiger partial charge in [0.25, 0.3) is 0 Å². The zero-order chi connectivity index (χ0) is 21.4. The smallest absolute Gasteiger partial charge is 0.406 e. The van der Waals surface area contributed by atoms with Gasteiger partial charge in [-0.05, 0) is 48.9 Å². The number of fused-ring (bicyclic) bond motifs is 1. The van der Waals surface area contributed by atoms with Crippen molar-refractivity contribution < 1.29 is 22.7 Å². The van der Waals surface area contributed by atoms with E-state index in [1.807, 2.05) is 6.07 Å². The van der Waals surface area contributed by atoms with Crippen LogP contribution in [-0.4, -0.2) is 27.3 Å². The highest BCUT2D eigenvalue weighted by atomic mass is 79.9. The molecule has 0 bridgehead atoms. The van der Waals surface area contributed by atoms with E-state index in [4.69, 9.17) is 5.73 Å². The maximum atomic E-state index is 12.6. The van der Waals surface area contributed by atoms with Gasteiger partial charge in [-0.15, -0.1) is 13.2 Å². The standard InChI is InChI=1S/C18H13BrF3N5O2/c1-17(8-23,9-27-25-14-5-2-10(19)6-15(14)26-27)13-7-11(29-18(20,21)22)3-4-12(13)16(24)28/h2-7H,9H2,1H3,(H2,24,28). The van der Waals surface area contributed by atoms with Gasteiger partial charge in [-0.25, -0.2) is 0 Å². The van der Waals surface area contributed by atoms with Gasteiger partial charge in [0.1, 0.15) is 22.2 Å². The van der Waals surface area contributed by atoms with Crippen molar-refractivity contribution in [3.63, 3.8) is 0 Å². The summed E-state index contributed by atoms with van der Waals surface area (Å²) in [4.78, 5) is 13.1. The highest BCUT2D eigenvalue weighted by molar-refractivity contribution is 9.10. The molecule has 3 rings (SSSR count). The highest BCUT2D eigenvalue weighted by Gasteiger charge is 2.35. The number of rotatable bonds is 5. The maximum absolute atomic E-state index is 12.6. The second-order valence-electron chi connectivity index (χ2n) is 6.43. The Kier molecular flexibility index (Phi) is 5.23. The Morgan fingerprint density at radius 2 is 1.93 bits per heavy atom. The van der Waals surface area contributed by atoms with Gasteiger partial charge in [-0.3, -0.25) is 4.79 Å². The van der Waals surface area contributed by atoms with E-state index in [9.17, 15) is 23.2 Å². The molecule has 150 valence electrons. The Bertz CT molecular complexity index is 1140. The minimum absolute atomic E-state index is 0.0169. The summed E-state index contributed by atoms with van der Waals surface area (Å²) in [5.41, 5.74) is 4.90. The van der Waals surface area contributed by atoms with Gasteiger partial charge < -0.3 is 10.5 Å². The molecule has 0 fully saturated rings. The molecule has 3 aromatic rings. The minimum Gasteiger partial charge on any atom is -0.406 e. The molecular weight excluding hydrogens is 455 g/mol. The van der Waals surface area contributed by atoms with Crippen LogP contribution in [0.5, 0.6) is 5.75 Å². The van der Waals surface area contributed by atoms with Crippen molar-refractivity contribution in [3.05, 3.63) is 52.0 Å². The number of nitrogens with two attached hydrogens (primary N) is 1. The van der Waals surface area contributed by atoms with E-state index in [0.29, 0.717) is 11.0 Å². The van der Waals surface area contributed by atoms with E-state index in [1.165, 1.54) is 11.7 Å².